The highest BCUT2D eigenvalue weighted by molar-refractivity contribution is 6.17. The van der Waals surface area contributed by atoms with E-state index in [9.17, 15) is 30.0 Å². The van der Waals surface area contributed by atoms with Gasteiger partial charge in [-0.05, 0) is 6.42 Å². The quantitative estimate of drug-likeness (QED) is 0.236. The molecule has 4 atom stereocenters. The predicted molar refractivity (Wildman–Crippen MR) is 71.1 cm³/mol. The first kappa shape index (κ1) is 19.2. The van der Waals surface area contributed by atoms with Gasteiger partial charge in [-0.1, -0.05) is 0 Å². The van der Waals surface area contributed by atoms with Crippen molar-refractivity contribution in [2.24, 2.45) is 5.73 Å². The summed E-state index contributed by atoms with van der Waals surface area (Å²) < 4.78 is 0. The van der Waals surface area contributed by atoms with Crippen molar-refractivity contribution in [1.82, 2.24) is 5.32 Å². The lowest BCUT2D eigenvalue weighted by molar-refractivity contribution is -0.154. The number of alkyl halides is 1. The molecule has 0 spiro atoms. The van der Waals surface area contributed by atoms with E-state index in [-0.39, 0.29) is 25.4 Å². The number of carbonyl (C=O) groups excluding carboxylic acids is 2. The van der Waals surface area contributed by atoms with Crippen molar-refractivity contribution < 1.29 is 30.0 Å². The second kappa shape index (κ2) is 10.0. The molecule has 9 heteroatoms. The molecule has 20 heavy (non-hydrogen) atoms. The van der Waals surface area contributed by atoms with Gasteiger partial charge in [0.1, 0.15) is 18.3 Å². The first-order valence-corrected chi connectivity index (χ1v) is 6.69. The van der Waals surface area contributed by atoms with Crippen molar-refractivity contribution in [3.05, 3.63) is 0 Å². The average Bonchev–Trinajstić information content (AvgIpc) is 2.46. The maximum Gasteiger partial charge on any atom is 0.251 e. The van der Waals surface area contributed by atoms with E-state index in [0.717, 1.165) is 0 Å². The van der Waals surface area contributed by atoms with Gasteiger partial charge in [0, 0.05) is 25.4 Å². The fraction of sp³-hybridized carbons (Fsp3) is 0.818. The standard InChI is InChI=1S/C11H21ClN2O6/c12-3-1-2-6(15)7(16)8(17)9(18)10(19)11(20)14-5-4-13/h7-10,16-19H,1-5,13H2,(H,14,20)/t7-,8+,9+,10-/m0/s1. The van der Waals surface area contributed by atoms with Crippen LogP contribution in [0.5, 0.6) is 0 Å². The molecule has 0 aromatic carbocycles. The van der Waals surface area contributed by atoms with Crippen LogP contribution < -0.4 is 11.1 Å². The summed E-state index contributed by atoms with van der Waals surface area (Å²) in [7, 11) is 0. The minimum atomic E-state index is -2.00. The van der Waals surface area contributed by atoms with Crippen LogP contribution in [0.4, 0.5) is 0 Å². The van der Waals surface area contributed by atoms with E-state index in [2.05, 4.69) is 5.32 Å². The number of nitrogens with one attached hydrogen (secondary N) is 1. The van der Waals surface area contributed by atoms with E-state index in [0.29, 0.717) is 6.42 Å². The average molecular weight is 313 g/mol. The van der Waals surface area contributed by atoms with E-state index in [1.807, 2.05) is 0 Å². The number of ketones is 1. The monoisotopic (exact) mass is 312 g/mol. The third-order valence-corrected chi connectivity index (χ3v) is 2.86. The van der Waals surface area contributed by atoms with E-state index in [1.54, 1.807) is 0 Å². The van der Waals surface area contributed by atoms with Gasteiger partial charge in [-0.3, -0.25) is 9.59 Å². The van der Waals surface area contributed by atoms with Gasteiger partial charge in [0.2, 0.25) is 0 Å². The zero-order valence-corrected chi connectivity index (χ0v) is 11.7. The Bertz CT molecular complexity index is 287. The molecule has 0 aliphatic rings. The molecular weight excluding hydrogens is 292 g/mol. The van der Waals surface area contributed by atoms with Gasteiger partial charge in [-0.2, -0.15) is 0 Å². The van der Waals surface area contributed by atoms with Crippen molar-refractivity contribution in [1.29, 1.82) is 0 Å². The number of halogens is 1. The lowest BCUT2D eigenvalue weighted by Crippen LogP contribution is -2.53. The minimum Gasteiger partial charge on any atom is -0.387 e. The fourth-order valence-corrected chi connectivity index (χ4v) is 1.54. The van der Waals surface area contributed by atoms with Gasteiger partial charge in [0.05, 0.1) is 0 Å². The van der Waals surface area contributed by atoms with Crippen LogP contribution in [-0.2, 0) is 9.59 Å². The summed E-state index contributed by atoms with van der Waals surface area (Å²) in [5, 5.41) is 40.4. The molecule has 8 nitrogen and oxygen atoms in total. The Morgan fingerprint density at radius 3 is 2.15 bits per heavy atom. The largest absolute Gasteiger partial charge is 0.387 e. The predicted octanol–water partition coefficient (Wildman–Crippen LogP) is -2.91. The Hall–Kier alpha value is -0.770. The normalized spacial score (nSPS) is 17.1. The molecular formula is C11H21ClN2O6. The van der Waals surface area contributed by atoms with Crippen molar-refractivity contribution in [3.63, 3.8) is 0 Å². The molecule has 0 unspecified atom stereocenters. The molecule has 0 aliphatic heterocycles. The number of hydrogen-bond donors (Lipinski definition) is 6. The highest BCUT2D eigenvalue weighted by Gasteiger charge is 2.36. The third kappa shape index (κ3) is 6.12. The molecule has 0 aliphatic carbocycles. The van der Waals surface area contributed by atoms with Gasteiger partial charge < -0.3 is 31.5 Å². The minimum absolute atomic E-state index is 0.0793. The fourth-order valence-electron chi connectivity index (χ4n) is 1.41. The number of rotatable bonds is 10. The molecule has 0 rings (SSSR count). The first-order chi connectivity index (χ1) is 9.36. The zero-order valence-electron chi connectivity index (χ0n) is 10.9. The van der Waals surface area contributed by atoms with Crippen molar-refractivity contribution in [2.45, 2.75) is 37.3 Å². The summed E-state index contributed by atoms with van der Waals surface area (Å²) >= 11 is 5.38. The Labute approximate surface area is 121 Å². The molecule has 0 saturated carbocycles. The van der Waals surface area contributed by atoms with Crippen molar-refractivity contribution in [3.8, 4) is 0 Å². The summed E-state index contributed by atoms with van der Waals surface area (Å²) in [6, 6.07) is 0. The van der Waals surface area contributed by atoms with Crippen molar-refractivity contribution >= 4 is 23.3 Å². The smallest absolute Gasteiger partial charge is 0.251 e. The van der Waals surface area contributed by atoms with E-state index < -0.39 is 36.1 Å². The van der Waals surface area contributed by atoms with E-state index >= 15 is 0 Å². The number of amides is 1. The van der Waals surface area contributed by atoms with Crippen molar-refractivity contribution in [2.75, 3.05) is 19.0 Å². The summed E-state index contributed by atoms with van der Waals surface area (Å²) in [6.45, 7) is 0.215. The Balaban J connectivity index is 4.46. The van der Waals surface area contributed by atoms with Crippen LogP contribution in [0.2, 0.25) is 0 Å². The third-order valence-electron chi connectivity index (χ3n) is 2.60. The van der Waals surface area contributed by atoms with Gasteiger partial charge in [0.25, 0.3) is 5.91 Å². The number of Topliss-reactive ketones (excluding diaryl/α,β-unsaturated/α-hetero) is 1. The lowest BCUT2D eigenvalue weighted by atomic mass is 9.98. The van der Waals surface area contributed by atoms with Crippen LogP contribution in [0.25, 0.3) is 0 Å². The molecule has 7 N–H and O–H groups in total. The van der Waals surface area contributed by atoms with Crippen LogP contribution in [0.1, 0.15) is 12.8 Å². The summed E-state index contributed by atoms with van der Waals surface area (Å²) in [6.07, 6.45) is -7.62. The second-order valence-electron chi connectivity index (χ2n) is 4.21. The summed E-state index contributed by atoms with van der Waals surface area (Å²) in [4.78, 5) is 22.8. The molecule has 0 radical (unpaired) electrons. The maximum absolute atomic E-state index is 11.4. The zero-order chi connectivity index (χ0) is 15.7. The van der Waals surface area contributed by atoms with Crippen LogP contribution >= 0.6 is 11.6 Å². The Morgan fingerprint density at radius 2 is 1.65 bits per heavy atom. The summed E-state index contributed by atoms with van der Waals surface area (Å²) in [5.74, 6) is -1.48. The Morgan fingerprint density at radius 1 is 1.10 bits per heavy atom. The molecule has 0 heterocycles. The highest BCUT2D eigenvalue weighted by atomic mass is 35.5. The van der Waals surface area contributed by atoms with Gasteiger partial charge in [-0.15, -0.1) is 11.6 Å². The number of nitrogens with two attached hydrogens (primary N) is 1. The molecule has 0 aromatic heterocycles. The topological polar surface area (TPSA) is 153 Å². The van der Waals surface area contributed by atoms with Gasteiger partial charge in [-0.25, -0.2) is 0 Å². The molecule has 0 bridgehead atoms. The lowest BCUT2D eigenvalue weighted by Gasteiger charge is -2.25. The van der Waals surface area contributed by atoms with E-state index in [1.165, 1.54) is 0 Å². The van der Waals surface area contributed by atoms with E-state index in [4.69, 9.17) is 17.3 Å². The molecule has 0 saturated heterocycles. The Kier molecular flexibility index (Phi) is 9.64. The maximum atomic E-state index is 11.4. The molecule has 118 valence electrons. The second-order valence-corrected chi connectivity index (χ2v) is 4.59. The van der Waals surface area contributed by atoms with Crippen LogP contribution in [0, 0.1) is 0 Å². The van der Waals surface area contributed by atoms with Crippen LogP contribution in [0.15, 0.2) is 0 Å². The number of aliphatic hydroxyl groups excluding tert-OH is 4. The highest BCUT2D eigenvalue weighted by Crippen LogP contribution is 2.09. The van der Waals surface area contributed by atoms with Gasteiger partial charge in [0.15, 0.2) is 11.9 Å². The number of hydrogen-bond acceptors (Lipinski definition) is 7. The summed E-state index contributed by atoms with van der Waals surface area (Å²) in [5.41, 5.74) is 5.14. The molecule has 0 fully saturated rings. The molecule has 0 aromatic rings. The van der Waals surface area contributed by atoms with Crippen LogP contribution in [-0.4, -0.2) is 75.5 Å². The SMILES string of the molecule is NCCNC(=O)[C@@H](O)[C@H](O)[C@H](O)[C@@H](O)C(=O)CCCCl. The number of aliphatic hydroxyl groups is 4. The van der Waals surface area contributed by atoms with Crippen LogP contribution in [0.3, 0.4) is 0 Å². The molecule has 1 amide bonds. The first-order valence-electron chi connectivity index (χ1n) is 6.15. The van der Waals surface area contributed by atoms with Gasteiger partial charge >= 0.3 is 0 Å². The number of carbonyl (C=O) groups is 2.